The van der Waals surface area contributed by atoms with Crippen molar-refractivity contribution in [2.24, 2.45) is 5.73 Å². The number of hydrogen-bond acceptors (Lipinski definition) is 7. The summed E-state index contributed by atoms with van der Waals surface area (Å²) in [4.78, 5) is 26.2. The number of morpholine rings is 1. The van der Waals surface area contributed by atoms with Gasteiger partial charge in [0.15, 0.2) is 0 Å². The van der Waals surface area contributed by atoms with E-state index in [0.717, 1.165) is 42.4 Å². The van der Waals surface area contributed by atoms with E-state index < -0.39 is 5.91 Å². The molecule has 2 fully saturated rings. The Hall–Kier alpha value is -3.17. The van der Waals surface area contributed by atoms with Crippen molar-refractivity contribution in [3.8, 4) is 17.1 Å². The molecular weight excluding hydrogens is 432 g/mol. The number of primary amides is 1. The van der Waals surface area contributed by atoms with Crippen LogP contribution in [-0.2, 0) is 11.3 Å². The Balaban J connectivity index is 1.60. The number of rotatable bonds is 6. The van der Waals surface area contributed by atoms with Crippen molar-refractivity contribution in [3.05, 3.63) is 36.0 Å². The summed E-state index contributed by atoms with van der Waals surface area (Å²) in [6.45, 7) is 6.31. The minimum atomic E-state index is -0.515. The minimum absolute atomic E-state index is 0.00750. The first-order valence-corrected chi connectivity index (χ1v) is 11.9. The van der Waals surface area contributed by atoms with Crippen LogP contribution >= 0.6 is 0 Å². The average Bonchev–Trinajstić information content (AvgIpc) is 3.42. The lowest BCUT2D eigenvalue weighted by molar-refractivity contribution is -0.0267. The fourth-order valence-electron chi connectivity index (χ4n) is 5.07. The Kier molecular flexibility index (Phi) is 6.14. The van der Waals surface area contributed by atoms with Crippen LogP contribution < -0.4 is 15.4 Å². The third-order valence-electron chi connectivity index (χ3n) is 6.89. The molecule has 2 aliphatic rings. The van der Waals surface area contributed by atoms with Crippen molar-refractivity contribution in [2.75, 3.05) is 45.3 Å². The van der Waals surface area contributed by atoms with E-state index in [1.54, 1.807) is 19.2 Å². The zero-order valence-corrected chi connectivity index (χ0v) is 20.0. The number of hydrogen-bond donors (Lipinski definition) is 1. The van der Waals surface area contributed by atoms with Crippen LogP contribution in [-0.4, -0.2) is 77.9 Å². The van der Waals surface area contributed by atoms with Gasteiger partial charge in [-0.3, -0.25) is 4.79 Å². The molecular formula is C25H32N6O3. The molecule has 2 saturated heterocycles. The first kappa shape index (κ1) is 22.6. The minimum Gasteiger partial charge on any atom is -0.494 e. The first-order valence-electron chi connectivity index (χ1n) is 11.9. The van der Waals surface area contributed by atoms with Gasteiger partial charge in [-0.05, 0) is 51.1 Å². The van der Waals surface area contributed by atoms with Gasteiger partial charge < -0.3 is 29.6 Å². The van der Waals surface area contributed by atoms with Crippen LogP contribution in [0.25, 0.3) is 22.4 Å². The summed E-state index contributed by atoms with van der Waals surface area (Å²) in [7, 11) is 3.69. The largest absolute Gasteiger partial charge is 0.494 e. The number of carbonyl (C=O) groups excluding carboxylic acids is 1. The number of nitrogens with two attached hydrogens (primary N) is 1. The molecule has 2 aliphatic heterocycles. The molecule has 1 aromatic carbocycles. The lowest BCUT2D eigenvalue weighted by Gasteiger charge is -2.30. The summed E-state index contributed by atoms with van der Waals surface area (Å²) in [5.74, 6) is 1.80. The van der Waals surface area contributed by atoms with Crippen molar-refractivity contribution in [3.63, 3.8) is 0 Å². The van der Waals surface area contributed by atoms with Crippen LogP contribution in [0.15, 0.2) is 30.5 Å². The molecule has 0 bridgehead atoms. The van der Waals surface area contributed by atoms with Gasteiger partial charge in [-0.15, -0.1) is 0 Å². The fraction of sp³-hybridized carbons (Fsp3) is 0.480. The number of amides is 1. The van der Waals surface area contributed by atoms with Crippen LogP contribution in [0.1, 0.15) is 30.1 Å². The van der Waals surface area contributed by atoms with Gasteiger partial charge in [-0.2, -0.15) is 0 Å². The van der Waals surface area contributed by atoms with Crippen LogP contribution in [0.2, 0.25) is 0 Å². The van der Waals surface area contributed by atoms with Crippen molar-refractivity contribution < 1.29 is 14.3 Å². The van der Waals surface area contributed by atoms with Gasteiger partial charge in [-0.25, -0.2) is 9.97 Å². The molecule has 1 amide bonds. The molecule has 1 unspecified atom stereocenters. The van der Waals surface area contributed by atoms with Crippen LogP contribution in [0.4, 0.5) is 5.82 Å². The molecule has 0 aliphatic carbocycles. The summed E-state index contributed by atoms with van der Waals surface area (Å²) in [5.41, 5.74) is 8.31. The summed E-state index contributed by atoms with van der Waals surface area (Å²) in [5, 5.41) is 0. The molecule has 9 nitrogen and oxygen atoms in total. The Bertz CT molecular complexity index is 1190. The van der Waals surface area contributed by atoms with Crippen molar-refractivity contribution in [1.29, 1.82) is 0 Å². The van der Waals surface area contributed by atoms with E-state index in [4.69, 9.17) is 25.2 Å². The predicted octanol–water partition coefficient (Wildman–Crippen LogP) is 2.53. The molecule has 9 heteroatoms. The normalized spacial score (nSPS) is 21.3. The molecule has 4 heterocycles. The molecule has 2 aromatic heterocycles. The number of benzene rings is 1. The van der Waals surface area contributed by atoms with Crippen LogP contribution in [0, 0.1) is 0 Å². The summed E-state index contributed by atoms with van der Waals surface area (Å²) in [6, 6.07) is 8.04. The molecule has 3 aromatic rings. The summed E-state index contributed by atoms with van der Waals surface area (Å²) < 4.78 is 13.9. The molecule has 5 rings (SSSR count). The van der Waals surface area contributed by atoms with E-state index in [1.165, 1.54) is 12.8 Å². The molecule has 2 atom stereocenters. The van der Waals surface area contributed by atoms with Crippen molar-refractivity contribution in [1.82, 2.24) is 19.4 Å². The SMILES string of the molecule is COc1cc(C(N)=O)cc2nc(-c3ccc(N4CCCC4C)nc3)n(C[C@@H]3CN(C)CCO3)c12. The van der Waals surface area contributed by atoms with Gasteiger partial charge in [-0.1, -0.05) is 0 Å². The van der Waals surface area contributed by atoms with Gasteiger partial charge in [0.2, 0.25) is 5.91 Å². The monoisotopic (exact) mass is 464 g/mol. The number of anilines is 1. The molecule has 0 radical (unpaired) electrons. The molecule has 34 heavy (non-hydrogen) atoms. The van der Waals surface area contributed by atoms with Gasteiger partial charge >= 0.3 is 0 Å². The maximum Gasteiger partial charge on any atom is 0.248 e. The standard InChI is InChI=1S/C25H32N6O3/c1-16-5-4-8-30(16)22-7-6-17(13-27-22)25-28-20-11-18(24(26)32)12-21(33-3)23(20)31(25)15-19-14-29(2)9-10-34-19/h6-7,11-13,16,19H,4-5,8-10,14-15H2,1-3H3,(H2,26,32)/t16?,19-/m0/s1. The number of nitrogens with zero attached hydrogens (tertiary/aromatic N) is 5. The number of ether oxygens (including phenoxy) is 2. The van der Waals surface area contributed by atoms with E-state index in [9.17, 15) is 4.79 Å². The van der Waals surface area contributed by atoms with Crippen molar-refractivity contribution in [2.45, 2.75) is 38.5 Å². The molecule has 2 N–H and O–H groups in total. The first-order chi connectivity index (χ1) is 16.4. The van der Waals surface area contributed by atoms with E-state index in [0.29, 0.717) is 36.0 Å². The third-order valence-corrected chi connectivity index (χ3v) is 6.89. The van der Waals surface area contributed by atoms with E-state index >= 15 is 0 Å². The number of carbonyl (C=O) groups is 1. The highest BCUT2D eigenvalue weighted by Gasteiger charge is 2.25. The van der Waals surface area contributed by atoms with E-state index in [2.05, 4.69) is 40.5 Å². The smallest absolute Gasteiger partial charge is 0.248 e. The zero-order valence-electron chi connectivity index (χ0n) is 20.0. The number of fused-ring (bicyclic) bond motifs is 1. The number of pyridine rings is 1. The predicted molar refractivity (Wildman–Crippen MR) is 131 cm³/mol. The van der Waals surface area contributed by atoms with Gasteiger partial charge in [0, 0.05) is 43.0 Å². The van der Waals surface area contributed by atoms with Crippen molar-refractivity contribution >= 4 is 22.8 Å². The van der Waals surface area contributed by atoms with Crippen LogP contribution in [0.3, 0.4) is 0 Å². The Morgan fingerprint density at radius 3 is 2.79 bits per heavy atom. The Labute approximate surface area is 199 Å². The topological polar surface area (TPSA) is 98.7 Å². The molecule has 0 saturated carbocycles. The quantitative estimate of drug-likeness (QED) is 0.598. The highest BCUT2D eigenvalue weighted by atomic mass is 16.5. The lowest BCUT2D eigenvalue weighted by Crippen LogP contribution is -2.42. The third kappa shape index (κ3) is 4.21. The zero-order chi connectivity index (χ0) is 23.8. The fourth-order valence-corrected chi connectivity index (χ4v) is 5.07. The molecule has 0 spiro atoms. The second-order valence-corrected chi connectivity index (χ2v) is 9.30. The number of imidazole rings is 1. The number of methoxy groups -OCH3 is 1. The highest BCUT2D eigenvalue weighted by Crippen LogP contribution is 2.34. The average molecular weight is 465 g/mol. The van der Waals surface area contributed by atoms with Crippen LogP contribution in [0.5, 0.6) is 5.75 Å². The second kappa shape index (κ2) is 9.23. The van der Waals surface area contributed by atoms with Gasteiger partial charge in [0.05, 0.1) is 31.9 Å². The maximum atomic E-state index is 11.9. The number of aromatic nitrogens is 3. The number of likely N-dealkylation sites (N-methyl/N-ethyl adjacent to an activating group) is 1. The van der Waals surface area contributed by atoms with E-state index in [1.807, 2.05) is 6.20 Å². The summed E-state index contributed by atoms with van der Waals surface area (Å²) in [6.07, 6.45) is 4.27. The highest BCUT2D eigenvalue weighted by molar-refractivity contribution is 5.99. The van der Waals surface area contributed by atoms with Gasteiger partial charge in [0.1, 0.15) is 22.9 Å². The Morgan fingerprint density at radius 2 is 2.15 bits per heavy atom. The van der Waals surface area contributed by atoms with Gasteiger partial charge in [0.25, 0.3) is 0 Å². The molecule has 180 valence electrons. The lowest BCUT2D eigenvalue weighted by atomic mass is 10.1. The van der Waals surface area contributed by atoms with E-state index in [-0.39, 0.29) is 6.10 Å². The maximum absolute atomic E-state index is 11.9. The summed E-state index contributed by atoms with van der Waals surface area (Å²) >= 11 is 0. The Morgan fingerprint density at radius 1 is 1.29 bits per heavy atom. The second-order valence-electron chi connectivity index (χ2n) is 9.30.